The molecule has 0 saturated heterocycles. The second kappa shape index (κ2) is 10.8. The van der Waals surface area contributed by atoms with Crippen LogP contribution in [0.1, 0.15) is 49.3 Å². The van der Waals surface area contributed by atoms with Crippen LogP contribution in [-0.4, -0.2) is 29.6 Å². The SMILES string of the molecule is O=C(NC1CCCCC1)[C@@H](c1ccccc1F)N(C(=O)Cc1c[nH]c2ccccc12)c1ccc2c(c1)OCO2. The van der Waals surface area contributed by atoms with Crippen LogP contribution in [0, 0.1) is 5.82 Å². The lowest BCUT2D eigenvalue weighted by molar-refractivity contribution is -0.127. The predicted molar refractivity (Wildman–Crippen MR) is 146 cm³/mol. The summed E-state index contributed by atoms with van der Waals surface area (Å²) in [6.45, 7) is 0.0704. The molecule has 2 amide bonds. The number of para-hydroxylation sites is 1. The highest BCUT2D eigenvalue weighted by Gasteiger charge is 2.36. The van der Waals surface area contributed by atoms with Gasteiger partial charge in [-0.15, -0.1) is 0 Å². The van der Waals surface area contributed by atoms with Crippen LogP contribution in [0.3, 0.4) is 0 Å². The Kier molecular flexibility index (Phi) is 6.92. The Labute approximate surface area is 225 Å². The Bertz CT molecular complexity index is 1510. The molecule has 1 aliphatic carbocycles. The maximum Gasteiger partial charge on any atom is 0.248 e. The Morgan fingerprint density at radius 3 is 2.59 bits per heavy atom. The van der Waals surface area contributed by atoms with Gasteiger partial charge in [-0.25, -0.2) is 4.39 Å². The highest BCUT2D eigenvalue weighted by Crippen LogP contribution is 2.39. The van der Waals surface area contributed by atoms with Gasteiger partial charge in [0.15, 0.2) is 11.5 Å². The number of amides is 2. The van der Waals surface area contributed by atoms with Crippen molar-refractivity contribution in [2.45, 2.75) is 50.6 Å². The highest BCUT2D eigenvalue weighted by atomic mass is 19.1. The Morgan fingerprint density at radius 2 is 1.74 bits per heavy atom. The number of ether oxygens (including phenoxy) is 2. The van der Waals surface area contributed by atoms with Gasteiger partial charge in [-0.1, -0.05) is 55.7 Å². The molecule has 1 aliphatic heterocycles. The number of carbonyl (C=O) groups is 2. The molecule has 0 bridgehead atoms. The second-order valence-electron chi connectivity index (χ2n) is 10.1. The third kappa shape index (κ3) is 5.06. The van der Waals surface area contributed by atoms with E-state index in [2.05, 4.69) is 10.3 Å². The number of hydrogen-bond acceptors (Lipinski definition) is 4. The molecule has 4 aromatic rings. The van der Waals surface area contributed by atoms with Crippen LogP contribution in [0.2, 0.25) is 0 Å². The van der Waals surface area contributed by atoms with Crippen molar-refractivity contribution < 1.29 is 23.5 Å². The lowest BCUT2D eigenvalue weighted by atomic mass is 9.94. The first-order valence-electron chi connectivity index (χ1n) is 13.4. The Hall–Kier alpha value is -4.33. The molecular formula is C31H30FN3O4. The third-order valence-electron chi connectivity index (χ3n) is 7.58. The fraction of sp³-hybridized carbons (Fsp3) is 0.290. The first-order chi connectivity index (χ1) is 19.1. The molecule has 1 fully saturated rings. The number of benzene rings is 3. The summed E-state index contributed by atoms with van der Waals surface area (Å²) in [4.78, 5) is 32.8. The number of nitrogens with zero attached hydrogens (tertiary/aromatic N) is 1. The van der Waals surface area contributed by atoms with E-state index in [1.807, 2.05) is 24.3 Å². The number of halogens is 1. The fourth-order valence-corrected chi connectivity index (χ4v) is 5.62. The number of rotatable bonds is 7. The summed E-state index contributed by atoms with van der Waals surface area (Å²) in [6.07, 6.45) is 6.74. The molecule has 1 atom stereocenters. The summed E-state index contributed by atoms with van der Waals surface area (Å²) in [7, 11) is 0. The maximum atomic E-state index is 15.4. The normalized spacial score (nSPS) is 15.7. The monoisotopic (exact) mass is 527 g/mol. The molecule has 1 aromatic heterocycles. The lowest BCUT2D eigenvalue weighted by Gasteiger charge is -2.33. The summed E-state index contributed by atoms with van der Waals surface area (Å²) in [5.74, 6) is -0.274. The minimum absolute atomic E-state index is 0.0113. The van der Waals surface area contributed by atoms with E-state index in [-0.39, 0.29) is 30.7 Å². The van der Waals surface area contributed by atoms with Crippen molar-refractivity contribution in [1.82, 2.24) is 10.3 Å². The molecule has 39 heavy (non-hydrogen) atoms. The Balaban J connectivity index is 1.43. The number of fused-ring (bicyclic) bond motifs is 2. The summed E-state index contributed by atoms with van der Waals surface area (Å²) in [5, 5.41) is 4.05. The molecule has 2 heterocycles. The number of nitrogens with one attached hydrogen (secondary N) is 2. The van der Waals surface area contributed by atoms with Crippen LogP contribution in [-0.2, 0) is 16.0 Å². The van der Waals surface area contributed by atoms with Gasteiger partial charge in [0, 0.05) is 40.5 Å². The average Bonchev–Trinajstić information content (AvgIpc) is 3.59. The fourth-order valence-electron chi connectivity index (χ4n) is 5.62. The number of H-pyrrole nitrogens is 1. The number of carbonyl (C=O) groups excluding carboxylic acids is 2. The molecule has 2 N–H and O–H groups in total. The quantitative estimate of drug-likeness (QED) is 0.318. The summed E-state index contributed by atoms with van der Waals surface area (Å²) in [6, 6.07) is 17.7. The molecule has 1 saturated carbocycles. The number of anilines is 1. The van der Waals surface area contributed by atoms with Gasteiger partial charge in [-0.05, 0) is 42.7 Å². The lowest BCUT2D eigenvalue weighted by Crippen LogP contribution is -2.48. The zero-order valence-electron chi connectivity index (χ0n) is 21.5. The van der Waals surface area contributed by atoms with Gasteiger partial charge in [0.1, 0.15) is 11.9 Å². The van der Waals surface area contributed by atoms with Gasteiger partial charge in [0.25, 0.3) is 0 Å². The highest BCUT2D eigenvalue weighted by molar-refractivity contribution is 6.03. The van der Waals surface area contributed by atoms with E-state index in [0.717, 1.165) is 48.6 Å². The van der Waals surface area contributed by atoms with Crippen molar-refractivity contribution in [3.05, 3.63) is 89.9 Å². The van der Waals surface area contributed by atoms with E-state index >= 15 is 4.39 Å². The minimum Gasteiger partial charge on any atom is -0.454 e. The predicted octanol–water partition coefficient (Wildman–Crippen LogP) is 5.80. The number of aromatic nitrogens is 1. The second-order valence-corrected chi connectivity index (χ2v) is 10.1. The van der Waals surface area contributed by atoms with E-state index in [1.165, 1.54) is 11.0 Å². The molecule has 6 rings (SSSR count). The smallest absolute Gasteiger partial charge is 0.248 e. The van der Waals surface area contributed by atoms with Crippen molar-refractivity contribution in [3.63, 3.8) is 0 Å². The van der Waals surface area contributed by atoms with Crippen molar-refractivity contribution in [3.8, 4) is 11.5 Å². The minimum atomic E-state index is -1.22. The Morgan fingerprint density at radius 1 is 0.974 bits per heavy atom. The summed E-state index contributed by atoms with van der Waals surface area (Å²) < 4.78 is 26.4. The van der Waals surface area contributed by atoms with Crippen molar-refractivity contribution >= 4 is 28.4 Å². The third-order valence-corrected chi connectivity index (χ3v) is 7.58. The standard InChI is InChI=1S/C31H30FN3O4/c32-25-12-6-4-11-24(25)30(31(37)34-21-8-2-1-3-9-21)35(22-14-15-27-28(17-22)39-19-38-27)29(36)16-20-18-33-26-13-7-5-10-23(20)26/h4-7,10-15,17-18,21,30,33H,1-3,8-9,16,19H2,(H,34,37)/t30-/m1/s1. The number of aromatic amines is 1. The zero-order chi connectivity index (χ0) is 26.8. The van der Waals surface area contributed by atoms with E-state index in [4.69, 9.17) is 9.47 Å². The summed E-state index contributed by atoms with van der Waals surface area (Å²) >= 11 is 0. The molecule has 0 unspecified atom stereocenters. The number of hydrogen-bond donors (Lipinski definition) is 2. The first-order valence-corrected chi connectivity index (χ1v) is 13.4. The van der Waals surface area contributed by atoms with Gasteiger partial charge in [-0.2, -0.15) is 0 Å². The summed E-state index contributed by atoms with van der Waals surface area (Å²) in [5.41, 5.74) is 2.27. The molecule has 7 nitrogen and oxygen atoms in total. The molecule has 3 aromatic carbocycles. The molecule has 2 aliphatic rings. The molecule has 8 heteroatoms. The van der Waals surface area contributed by atoms with E-state index in [1.54, 1.807) is 42.6 Å². The van der Waals surface area contributed by atoms with Crippen LogP contribution in [0.25, 0.3) is 10.9 Å². The average molecular weight is 528 g/mol. The van der Waals surface area contributed by atoms with Crippen molar-refractivity contribution in [2.24, 2.45) is 0 Å². The van der Waals surface area contributed by atoms with Gasteiger partial charge in [0.2, 0.25) is 18.6 Å². The van der Waals surface area contributed by atoms with Gasteiger partial charge >= 0.3 is 0 Å². The van der Waals surface area contributed by atoms with Crippen LogP contribution < -0.4 is 19.7 Å². The van der Waals surface area contributed by atoms with Gasteiger partial charge < -0.3 is 19.8 Å². The van der Waals surface area contributed by atoms with Crippen LogP contribution >= 0.6 is 0 Å². The molecule has 0 radical (unpaired) electrons. The van der Waals surface area contributed by atoms with Crippen molar-refractivity contribution in [1.29, 1.82) is 0 Å². The topological polar surface area (TPSA) is 83.7 Å². The first kappa shape index (κ1) is 25.0. The zero-order valence-corrected chi connectivity index (χ0v) is 21.5. The van der Waals surface area contributed by atoms with Crippen LogP contribution in [0.5, 0.6) is 11.5 Å². The van der Waals surface area contributed by atoms with Crippen LogP contribution in [0.15, 0.2) is 72.9 Å². The van der Waals surface area contributed by atoms with E-state index in [9.17, 15) is 9.59 Å². The molecule has 0 spiro atoms. The van der Waals surface area contributed by atoms with E-state index in [0.29, 0.717) is 17.2 Å². The van der Waals surface area contributed by atoms with Crippen LogP contribution in [0.4, 0.5) is 10.1 Å². The van der Waals surface area contributed by atoms with Crippen molar-refractivity contribution in [2.75, 3.05) is 11.7 Å². The van der Waals surface area contributed by atoms with E-state index < -0.39 is 17.8 Å². The van der Waals surface area contributed by atoms with Gasteiger partial charge in [0.05, 0.1) is 6.42 Å². The molecular weight excluding hydrogens is 497 g/mol. The van der Waals surface area contributed by atoms with Gasteiger partial charge in [-0.3, -0.25) is 14.5 Å². The maximum absolute atomic E-state index is 15.4. The largest absolute Gasteiger partial charge is 0.454 e. The molecule has 200 valence electrons.